The fourth-order valence-electron chi connectivity index (χ4n) is 3.44. The topological polar surface area (TPSA) is 43.4 Å². The summed E-state index contributed by atoms with van der Waals surface area (Å²) >= 11 is -1.23. The van der Waals surface area contributed by atoms with Gasteiger partial charge in [-0.3, -0.25) is 4.79 Å². The number of alkyl halides is 3. The first kappa shape index (κ1) is 21.6. The van der Waals surface area contributed by atoms with Gasteiger partial charge in [-0.1, -0.05) is 6.07 Å². The Labute approximate surface area is 169 Å². The smallest absolute Gasteiger partial charge is 0.416 e. The maximum absolute atomic E-state index is 14.1. The molecule has 1 fully saturated rings. The summed E-state index contributed by atoms with van der Waals surface area (Å²) in [5, 5.41) is 0. The Morgan fingerprint density at radius 3 is 2.28 bits per heavy atom. The summed E-state index contributed by atoms with van der Waals surface area (Å²) in [5.74, 6) is -0.153. The zero-order chi connectivity index (χ0) is 21.2. The quantitative estimate of drug-likeness (QED) is 0.516. The number of hydrogen-bond donors (Lipinski definition) is 0. The van der Waals surface area contributed by atoms with Crippen molar-refractivity contribution in [3.05, 3.63) is 53.8 Å². The zero-order valence-electron chi connectivity index (χ0n) is 15.8. The summed E-state index contributed by atoms with van der Waals surface area (Å²) in [4.78, 5) is 13.8. The number of carbonyl (C=O) groups is 1. The van der Waals surface area contributed by atoms with Gasteiger partial charge in [0.05, 0.1) is 5.56 Å². The highest BCUT2D eigenvalue weighted by molar-refractivity contribution is 7.91. The Balaban J connectivity index is 1.65. The third-order valence-electron chi connectivity index (χ3n) is 5.17. The summed E-state index contributed by atoms with van der Waals surface area (Å²) in [6.07, 6.45) is -2.99. The maximum Gasteiger partial charge on any atom is 0.416 e. The van der Waals surface area contributed by atoms with Crippen LogP contribution in [0.1, 0.15) is 25.3 Å². The molecule has 1 aliphatic rings. The highest BCUT2D eigenvalue weighted by Crippen LogP contribution is 2.33. The van der Waals surface area contributed by atoms with Crippen LogP contribution in [0.25, 0.3) is 11.1 Å². The number of rotatable bonds is 4. The van der Waals surface area contributed by atoms with Gasteiger partial charge < -0.3 is 9.45 Å². The molecule has 2 aromatic rings. The van der Waals surface area contributed by atoms with E-state index in [1.807, 2.05) is 0 Å². The summed E-state index contributed by atoms with van der Waals surface area (Å²) < 4.78 is 64.8. The third-order valence-corrected chi connectivity index (χ3v) is 6.74. The summed E-state index contributed by atoms with van der Waals surface area (Å²) in [5.41, 5.74) is -0.550. The van der Waals surface area contributed by atoms with Crippen LogP contribution >= 0.6 is 0 Å². The fraction of sp³-hybridized carbons (Fsp3) is 0.381. The van der Waals surface area contributed by atoms with E-state index in [0.29, 0.717) is 35.4 Å². The van der Waals surface area contributed by atoms with Crippen molar-refractivity contribution in [3.8, 4) is 11.1 Å². The number of piperidine rings is 1. The van der Waals surface area contributed by atoms with Crippen molar-refractivity contribution in [1.29, 1.82) is 0 Å². The predicted molar refractivity (Wildman–Crippen MR) is 103 cm³/mol. The van der Waals surface area contributed by atoms with Gasteiger partial charge in [0.25, 0.3) is 0 Å². The van der Waals surface area contributed by atoms with Gasteiger partial charge in [-0.05, 0) is 66.0 Å². The van der Waals surface area contributed by atoms with E-state index in [4.69, 9.17) is 0 Å². The Kier molecular flexibility index (Phi) is 6.53. The molecule has 29 heavy (non-hydrogen) atoms. The second kappa shape index (κ2) is 8.75. The van der Waals surface area contributed by atoms with Crippen molar-refractivity contribution in [2.45, 2.75) is 30.8 Å². The molecule has 1 amide bonds. The molecule has 0 saturated carbocycles. The normalized spacial score (nSPS) is 16.7. The molecule has 0 aliphatic carbocycles. The van der Waals surface area contributed by atoms with Crippen LogP contribution in [0.2, 0.25) is 0 Å². The predicted octanol–water partition coefficient (Wildman–Crippen LogP) is 4.88. The second-order valence-electron chi connectivity index (χ2n) is 7.18. The van der Waals surface area contributed by atoms with E-state index >= 15 is 0 Å². The van der Waals surface area contributed by atoms with E-state index in [0.717, 1.165) is 25.0 Å². The lowest BCUT2D eigenvalue weighted by Crippen LogP contribution is -2.38. The second-order valence-corrected chi connectivity index (χ2v) is 8.67. The van der Waals surface area contributed by atoms with Crippen molar-refractivity contribution in [2.24, 2.45) is 5.92 Å². The Bertz CT molecular complexity index is 862. The molecule has 1 aliphatic heterocycles. The number of carbonyl (C=O) groups excluding carboxylic acids is 1. The van der Waals surface area contributed by atoms with E-state index in [1.165, 1.54) is 0 Å². The third kappa shape index (κ3) is 5.30. The summed E-state index contributed by atoms with van der Waals surface area (Å²) in [7, 11) is 0. The molecule has 1 heterocycles. The molecule has 0 bridgehead atoms. The first-order valence-corrected chi connectivity index (χ1v) is 10.6. The van der Waals surface area contributed by atoms with Gasteiger partial charge >= 0.3 is 6.18 Å². The lowest BCUT2D eigenvalue weighted by Gasteiger charge is -2.31. The van der Waals surface area contributed by atoms with Crippen molar-refractivity contribution in [2.75, 3.05) is 18.8 Å². The van der Waals surface area contributed by atoms with Gasteiger partial charge in [0.1, 0.15) is 11.6 Å². The van der Waals surface area contributed by atoms with Gasteiger partial charge in [-0.25, -0.2) is 4.39 Å². The van der Waals surface area contributed by atoms with Gasteiger partial charge in [0, 0.05) is 31.5 Å². The van der Waals surface area contributed by atoms with Gasteiger partial charge in [-0.2, -0.15) is 13.2 Å². The molecule has 8 heteroatoms. The van der Waals surface area contributed by atoms with E-state index in [2.05, 4.69) is 0 Å². The van der Waals surface area contributed by atoms with E-state index in [9.17, 15) is 26.9 Å². The number of benzene rings is 2. The van der Waals surface area contributed by atoms with Crippen molar-refractivity contribution in [1.82, 2.24) is 4.90 Å². The monoisotopic (exact) mass is 427 g/mol. The minimum Gasteiger partial charge on any atom is -0.611 e. The molecular formula is C21H21F4NO2S. The number of hydrogen-bond acceptors (Lipinski definition) is 2. The van der Waals surface area contributed by atoms with Gasteiger partial charge in [0.2, 0.25) is 5.91 Å². The fourth-order valence-corrected chi connectivity index (χ4v) is 4.83. The number of likely N-dealkylation sites (tertiary alicyclic amines) is 1. The Hall–Kier alpha value is -2.06. The summed E-state index contributed by atoms with van der Waals surface area (Å²) in [6.45, 7) is 2.88. The molecule has 2 aromatic carbocycles. The Morgan fingerprint density at radius 2 is 1.76 bits per heavy atom. The largest absolute Gasteiger partial charge is 0.611 e. The van der Waals surface area contributed by atoms with Gasteiger partial charge in [0.15, 0.2) is 4.90 Å². The molecule has 0 radical (unpaired) electrons. The van der Waals surface area contributed by atoms with Crippen molar-refractivity contribution >= 4 is 17.1 Å². The average Bonchev–Trinajstić information content (AvgIpc) is 2.68. The first-order chi connectivity index (χ1) is 13.6. The molecule has 3 rings (SSSR count). The number of nitrogens with zero attached hydrogens (tertiary/aromatic N) is 1. The number of halogens is 4. The number of amides is 1. The maximum atomic E-state index is 14.1. The molecule has 3 nitrogen and oxygen atoms in total. The molecule has 0 aromatic heterocycles. The van der Waals surface area contributed by atoms with E-state index in [-0.39, 0.29) is 17.4 Å². The van der Waals surface area contributed by atoms with Crippen LogP contribution in [0.4, 0.5) is 17.6 Å². The lowest BCUT2D eigenvalue weighted by molar-refractivity contribution is -0.137. The molecule has 156 valence electrons. The van der Waals surface area contributed by atoms with Crippen LogP contribution in [0.5, 0.6) is 0 Å². The van der Waals surface area contributed by atoms with E-state index in [1.54, 1.807) is 36.1 Å². The summed E-state index contributed by atoms with van der Waals surface area (Å²) in [6, 6.07) is 8.80. The first-order valence-electron chi connectivity index (χ1n) is 9.26. The van der Waals surface area contributed by atoms with Crippen LogP contribution < -0.4 is 0 Å². The molecule has 0 spiro atoms. The molecule has 1 unspecified atom stereocenters. The zero-order valence-corrected chi connectivity index (χ0v) is 16.7. The molecule has 1 atom stereocenters. The Morgan fingerprint density at radius 1 is 1.14 bits per heavy atom. The molecule has 1 saturated heterocycles. The molecular weight excluding hydrogens is 406 g/mol. The van der Waals surface area contributed by atoms with Gasteiger partial charge in [-0.15, -0.1) is 0 Å². The lowest BCUT2D eigenvalue weighted by atomic mass is 9.99. The van der Waals surface area contributed by atoms with Crippen LogP contribution in [0.3, 0.4) is 0 Å². The van der Waals surface area contributed by atoms with Crippen LogP contribution in [0, 0.1) is 11.7 Å². The highest BCUT2D eigenvalue weighted by Gasteiger charge is 2.31. The van der Waals surface area contributed by atoms with Crippen LogP contribution in [0.15, 0.2) is 47.4 Å². The van der Waals surface area contributed by atoms with Crippen molar-refractivity contribution < 1.29 is 26.9 Å². The van der Waals surface area contributed by atoms with Crippen molar-refractivity contribution in [3.63, 3.8) is 0 Å². The minimum atomic E-state index is -4.60. The van der Waals surface area contributed by atoms with E-state index < -0.39 is 28.7 Å². The highest BCUT2D eigenvalue weighted by atomic mass is 32.2. The van der Waals surface area contributed by atoms with Crippen LogP contribution in [-0.4, -0.2) is 34.2 Å². The minimum absolute atomic E-state index is 0.0515. The SMILES string of the molecule is CC(=O)N1CCC(C[S+]([O-])c2ccc(-c3ccc(C(F)(F)F)cc3F)cc2)CC1. The average molecular weight is 427 g/mol. The van der Waals surface area contributed by atoms with Crippen LogP contribution in [-0.2, 0) is 22.1 Å². The molecule has 0 N–H and O–H groups in total. The standard InChI is InChI=1S/C21H21F4NO2S/c1-14(27)26-10-8-15(9-11-26)13-29(28)18-5-2-16(3-6-18)19-7-4-17(12-20(19)22)21(23,24)25/h2-7,12,15H,8-11,13H2,1H3.